The Balaban J connectivity index is 2.40. The number of likely N-dealkylation sites (N-methyl/N-ethyl adjacent to an activating group) is 1. The molecule has 0 aliphatic carbocycles. The van der Waals surface area contributed by atoms with Crippen molar-refractivity contribution >= 4 is 11.5 Å². The van der Waals surface area contributed by atoms with Crippen LogP contribution in [-0.4, -0.2) is 30.3 Å². The van der Waals surface area contributed by atoms with Gasteiger partial charge in [-0.1, -0.05) is 0 Å². The molecule has 1 rings (SSSR count). The molecule has 5 N–H and O–H groups in total. The quantitative estimate of drug-likeness (QED) is 0.360. The van der Waals surface area contributed by atoms with Gasteiger partial charge in [-0.3, -0.25) is 0 Å². The van der Waals surface area contributed by atoms with Crippen molar-refractivity contribution < 1.29 is 10.7 Å². The highest BCUT2D eigenvalue weighted by Crippen LogP contribution is 2.03. The monoisotopic (exact) mass is 183 g/mol. The zero-order valence-electron chi connectivity index (χ0n) is 7.62. The van der Waals surface area contributed by atoms with Gasteiger partial charge in [-0.2, -0.15) is 5.48 Å². The average molecular weight is 183 g/mol. The summed E-state index contributed by atoms with van der Waals surface area (Å²) < 4.78 is 0. The molecule has 0 unspecified atom stereocenters. The second-order valence-corrected chi connectivity index (χ2v) is 2.64. The number of quaternary nitrogens is 1. The van der Waals surface area contributed by atoms with Crippen molar-refractivity contribution in [1.82, 2.24) is 10.3 Å². The largest absolute Gasteiger partial charge is 0.369 e. The molecule has 0 fully saturated rings. The molecule has 0 spiro atoms. The van der Waals surface area contributed by atoms with Crippen LogP contribution >= 0.6 is 0 Å². The lowest BCUT2D eigenvalue weighted by Crippen LogP contribution is -2.73. The topological polar surface area (TPSA) is 73.8 Å². The third-order valence-electron chi connectivity index (χ3n) is 1.62. The first-order chi connectivity index (χ1) is 6.36. The number of rotatable bonds is 5. The maximum absolute atomic E-state index is 8.65. The normalized spacial score (nSPS) is 10.0. The van der Waals surface area contributed by atoms with E-state index in [2.05, 4.69) is 15.6 Å². The first kappa shape index (κ1) is 9.91. The average Bonchev–Trinajstić information content (AvgIpc) is 2.19. The number of aromatic nitrogens is 1. The maximum atomic E-state index is 8.65. The van der Waals surface area contributed by atoms with Gasteiger partial charge in [0.2, 0.25) is 0 Å². The summed E-state index contributed by atoms with van der Waals surface area (Å²) in [7, 11) is 1.90. The van der Waals surface area contributed by atoms with Crippen molar-refractivity contribution in [3.8, 4) is 0 Å². The van der Waals surface area contributed by atoms with E-state index in [1.807, 2.05) is 13.1 Å². The second kappa shape index (κ2) is 5.47. The Morgan fingerprint density at radius 3 is 2.85 bits per heavy atom. The van der Waals surface area contributed by atoms with Crippen LogP contribution in [0.4, 0.5) is 11.5 Å². The molecule has 0 aromatic carbocycles. The Labute approximate surface area is 77.1 Å². The van der Waals surface area contributed by atoms with Crippen molar-refractivity contribution in [1.29, 1.82) is 0 Å². The van der Waals surface area contributed by atoms with E-state index in [4.69, 9.17) is 5.21 Å². The number of anilines is 1. The number of nitrogens with two attached hydrogens (primary N) is 1. The minimum atomic E-state index is 0.708. The molecule has 72 valence electrons. The molecular formula is C8H15N4O+. The van der Waals surface area contributed by atoms with Gasteiger partial charge in [-0.05, 0) is 13.1 Å². The van der Waals surface area contributed by atoms with Crippen LogP contribution in [0, 0.1) is 0 Å². The predicted octanol–water partition coefficient (Wildman–Crippen LogP) is -0.703. The van der Waals surface area contributed by atoms with E-state index in [-0.39, 0.29) is 0 Å². The Kier molecular flexibility index (Phi) is 4.17. The molecule has 1 aromatic rings. The van der Waals surface area contributed by atoms with E-state index < -0.39 is 0 Å². The Hall–Kier alpha value is -1.17. The predicted molar refractivity (Wildman–Crippen MR) is 50.0 cm³/mol. The summed E-state index contributed by atoms with van der Waals surface area (Å²) in [5.41, 5.74) is 1.74. The SMILES string of the molecule is CNCCNc1ccc([NH2+]O)cn1. The first-order valence-corrected chi connectivity index (χ1v) is 4.19. The lowest BCUT2D eigenvalue weighted by atomic mass is 10.4. The molecule has 0 aliphatic heterocycles. The van der Waals surface area contributed by atoms with Crippen LogP contribution in [0.3, 0.4) is 0 Å². The summed E-state index contributed by atoms with van der Waals surface area (Å²) in [6, 6.07) is 3.63. The highest BCUT2D eigenvalue weighted by molar-refractivity contribution is 5.39. The van der Waals surface area contributed by atoms with Crippen molar-refractivity contribution in [2.45, 2.75) is 0 Å². The van der Waals surface area contributed by atoms with E-state index in [0.717, 1.165) is 24.4 Å². The molecule has 0 bridgehead atoms. The fraction of sp³-hybridized carbons (Fsp3) is 0.375. The zero-order chi connectivity index (χ0) is 9.52. The molecule has 13 heavy (non-hydrogen) atoms. The van der Waals surface area contributed by atoms with Crippen LogP contribution in [0.25, 0.3) is 0 Å². The second-order valence-electron chi connectivity index (χ2n) is 2.64. The van der Waals surface area contributed by atoms with Crippen LogP contribution < -0.4 is 16.1 Å². The zero-order valence-corrected chi connectivity index (χ0v) is 7.62. The molecule has 0 aliphatic rings. The van der Waals surface area contributed by atoms with Crippen LogP contribution in [-0.2, 0) is 0 Å². The van der Waals surface area contributed by atoms with Gasteiger partial charge in [0.25, 0.3) is 0 Å². The van der Waals surface area contributed by atoms with Gasteiger partial charge in [0.15, 0.2) is 5.69 Å². The van der Waals surface area contributed by atoms with Crippen LogP contribution in [0.15, 0.2) is 18.3 Å². The van der Waals surface area contributed by atoms with E-state index >= 15 is 0 Å². The number of nitrogens with one attached hydrogen (secondary N) is 2. The fourth-order valence-electron chi connectivity index (χ4n) is 0.902. The van der Waals surface area contributed by atoms with Gasteiger partial charge >= 0.3 is 0 Å². The van der Waals surface area contributed by atoms with Crippen molar-refractivity contribution in [3.05, 3.63) is 18.3 Å². The van der Waals surface area contributed by atoms with Gasteiger partial charge < -0.3 is 10.6 Å². The molecule has 0 saturated heterocycles. The number of nitrogens with zero attached hydrogens (tertiary/aromatic N) is 1. The Bertz CT molecular complexity index is 236. The molecule has 0 atom stereocenters. The van der Waals surface area contributed by atoms with Crippen LogP contribution in [0.5, 0.6) is 0 Å². The lowest BCUT2D eigenvalue weighted by Gasteiger charge is -2.03. The number of pyridine rings is 1. The van der Waals surface area contributed by atoms with Crippen LogP contribution in [0.1, 0.15) is 0 Å². The number of hydrogen-bond acceptors (Lipinski definition) is 4. The third-order valence-corrected chi connectivity index (χ3v) is 1.62. The van der Waals surface area contributed by atoms with Crippen LogP contribution in [0.2, 0.25) is 0 Å². The molecule has 0 radical (unpaired) electrons. The summed E-state index contributed by atoms with van der Waals surface area (Å²) in [4.78, 5) is 4.09. The van der Waals surface area contributed by atoms with E-state index in [0.29, 0.717) is 5.69 Å². The molecular weight excluding hydrogens is 168 g/mol. The minimum absolute atomic E-state index is 0.708. The fourth-order valence-corrected chi connectivity index (χ4v) is 0.902. The highest BCUT2D eigenvalue weighted by atomic mass is 16.5. The third kappa shape index (κ3) is 3.37. The van der Waals surface area contributed by atoms with Gasteiger partial charge in [0.05, 0.1) is 6.20 Å². The van der Waals surface area contributed by atoms with E-state index in [1.54, 1.807) is 12.3 Å². The molecule has 5 heteroatoms. The van der Waals surface area contributed by atoms with Crippen molar-refractivity contribution in [2.24, 2.45) is 0 Å². The van der Waals surface area contributed by atoms with Gasteiger partial charge in [-0.25, -0.2) is 10.2 Å². The first-order valence-electron chi connectivity index (χ1n) is 4.19. The Morgan fingerprint density at radius 2 is 2.31 bits per heavy atom. The molecule has 0 saturated carbocycles. The summed E-state index contributed by atoms with van der Waals surface area (Å²) in [5.74, 6) is 0.820. The number of hydrogen-bond donors (Lipinski definition) is 4. The van der Waals surface area contributed by atoms with Gasteiger partial charge in [0, 0.05) is 19.2 Å². The van der Waals surface area contributed by atoms with Crippen molar-refractivity contribution in [3.63, 3.8) is 0 Å². The standard InChI is InChI=1S/C8H14N4O/c1-9-4-5-10-8-3-2-7(12-13)6-11-8/h2-3,6,9,12-13H,4-5H2,1H3,(H,10,11)/p+1. The summed E-state index contributed by atoms with van der Waals surface area (Å²) in [5, 5.41) is 14.8. The van der Waals surface area contributed by atoms with E-state index in [1.165, 1.54) is 0 Å². The maximum Gasteiger partial charge on any atom is 0.180 e. The van der Waals surface area contributed by atoms with Crippen molar-refractivity contribution in [2.75, 3.05) is 25.5 Å². The van der Waals surface area contributed by atoms with Gasteiger partial charge in [-0.15, -0.1) is 0 Å². The minimum Gasteiger partial charge on any atom is -0.369 e. The summed E-state index contributed by atoms with van der Waals surface area (Å²) >= 11 is 0. The smallest absolute Gasteiger partial charge is 0.180 e. The Morgan fingerprint density at radius 1 is 1.46 bits per heavy atom. The molecule has 1 heterocycles. The highest BCUT2D eigenvalue weighted by Gasteiger charge is 1.95. The lowest BCUT2D eigenvalue weighted by molar-refractivity contribution is -0.825. The molecule has 5 nitrogen and oxygen atoms in total. The molecule has 0 amide bonds. The summed E-state index contributed by atoms with van der Waals surface area (Å²) in [6.07, 6.45) is 1.61. The molecule has 1 aromatic heterocycles. The van der Waals surface area contributed by atoms with E-state index in [9.17, 15) is 0 Å². The van der Waals surface area contributed by atoms with Gasteiger partial charge in [0.1, 0.15) is 5.82 Å². The summed E-state index contributed by atoms with van der Waals surface area (Å²) in [6.45, 7) is 1.74.